The van der Waals surface area contributed by atoms with Gasteiger partial charge in [-0.05, 0) is 66.1 Å². The molecule has 0 bridgehead atoms. The van der Waals surface area contributed by atoms with E-state index in [1.54, 1.807) is 60.1 Å². The summed E-state index contributed by atoms with van der Waals surface area (Å²) in [6.07, 6.45) is 8.67. The van der Waals surface area contributed by atoms with Crippen molar-refractivity contribution in [3.63, 3.8) is 0 Å². The molecule has 32 heavy (non-hydrogen) atoms. The molecule has 4 aromatic rings. The first kappa shape index (κ1) is 21.0. The fourth-order valence-corrected chi connectivity index (χ4v) is 3.06. The zero-order valence-corrected chi connectivity index (χ0v) is 17.7. The van der Waals surface area contributed by atoms with Crippen molar-refractivity contribution < 1.29 is 9.53 Å². The van der Waals surface area contributed by atoms with E-state index in [1.165, 1.54) is 0 Å². The number of rotatable bonds is 7. The number of pyridine rings is 3. The van der Waals surface area contributed by atoms with Crippen LogP contribution in [0.2, 0.25) is 0 Å². The van der Waals surface area contributed by atoms with E-state index in [2.05, 4.69) is 20.3 Å². The maximum absolute atomic E-state index is 13.1. The number of carbonyl (C=O) groups excluding carboxylic acids is 1. The van der Waals surface area contributed by atoms with E-state index in [4.69, 9.17) is 4.74 Å². The van der Waals surface area contributed by atoms with Gasteiger partial charge in [0.15, 0.2) is 0 Å². The highest BCUT2D eigenvalue weighted by Crippen LogP contribution is 2.22. The number of carbonyl (C=O) groups is 1. The van der Waals surface area contributed by atoms with Crippen LogP contribution in [0.1, 0.15) is 16.7 Å². The highest BCUT2D eigenvalue weighted by molar-refractivity contribution is 5.89. The first-order valence-electron chi connectivity index (χ1n) is 10.2. The summed E-state index contributed by atoms with van der Waals surface area (Å²) >= 11 is 0. The van der Waals surface area contributed by atoms with E-state index < -0.39 is 0 Å². The average Bonchev–Trinajstić information content (AvgIpc) is 2.83. The SMILES string of the molecule is Cc1ccc(Oc2ccc(NC(=O)N(Cc3ccncc3)Cc3cccnc3)cc2)nc1. The van der Waals surface area contributed by atoms with Gasteiger partial charge in [-0.3, -0.25) is 9.97 Å². The Labute approximate surface area is 186 Å². The number of benzene rings is 1. The van der Waals surface area contributed by atoms with Crippen LogP contribution in [0, 0.1) is 6.92 Å². The summed E-state index contributed by atoms with van der Waals surface area (Å²) in [5, 5.41) is 2.96. The second-order valence-electron chi connectivity index (χ2n) is 7.30. The summed E-state index contributed by atoms with van der Waals surface area (Å²) in [4.78, 5) is 27.2. The van der Waals surface area contributed by atoms with E-state index >= 15 is 0 Å². The molecule has 0 spiro atoms. The van der Waals surface area contributed by atoms with Crippen molar-refractivity contribution in [2.24, 2.45) is 0 Å². The highest BCUT2D eigenvalue weighted by atomic mass is 16.5. The normalized spacial score (nSPS) is 10.4. The van der Waals surface area contributed by atoms with Crippen LogP contribution in [0.5, 0.6) is 11.6 Å². The fourth-order valence-electron chi connectivity index (χ4n) is 3.06. The molecule has 0 saturated heterocycles. The summed E-state index contributed by atoms with van der Waals surface area (Å²) in [6.45, 7) is 2.85. The molecule has 2 amide bonds. The third-order valence-corrected chi connectivity index (χ3v) is 4.72. The molecular weight excluding hydrogens is 402 g/mol. The lowest BCUT2D eigenvalue weighted by Crippen LogP contribution is -2.34. The topological polar surface area (TPSA) is 80.2 Å². The molecule has 0 aliphatic rings. The molecule has 0 radical (unpaired) electrons. The summed E-state index contributed by atoms with van der Waals surface area (Å²) in [5.41, 5.74) is 3.68. The lowest BCUT2D eigenvalue weighted by molar-refractivity contribution is 0.206. The van der Waals surface area contributed by atoms with E-state index in [9.17, 15) is 4.79 Å². The van der Waals surface area contributed by atoms with Crippen molar-refractivity contribution in [3.8, 4) is 11.6 Å². The molecule has 3 aromatic heterocycles. The Balaban J connectivity index is 1.44. The van der Waals surface area contributed by atoms with Gasteiger partial charge in [0.05, 0.1) is 0 Å². The van der Waals surface area contributed by atoms with Crippen molar-refractivity contribution in [3.05, 3.63) is 108 Å². The molecule has 7 heteroatoms. The molecule has 0 unspecified atom stereocenters. The molecule has 0 aliphatic carbocycles. The van der Waals surface area contributed by atoms with Gasteiger partial charge < -0.3 is 15.0 Å². The van der Waals surface area contributed by atoms with E-state index in [-0.39, 0.29) is 6.03 Å². The van der Waals surface area contributed by atoms with Gasteiger partial charge in [-0.1, -0.05) is 12.1 Å². The molecule has 0 saturated carbocycles. The van der Waals surface area contributed by atoms with Gasteiger partial charge in [0.1, 0.15) is 5.75 Å². The van der Waals surface area contributed by atoms with Crippen LogP contribution >= 0.6 is 0 Å². The third kappa shape index (κ3) is 5.89. The Morgan fingerprint density at radius 3 is 2.34 bits per heavy atom. The van der Waals surface area contributed by atoms with Crippen LogP contribution in [0.15, 0.2) is 91.6 Å². The van der Waals surface area contributed by atoms with E-state index in [0.717, 1.165) is 16.7 Å². The minimum atomic E-state index is -0.209. The number of hydrogen-bond acceptors (Lipinski definition) is 5. The van der Waals surface area contributed by atoms with Crippen molar-refractivity contribution in [1.29, 1.82) is 0 Å². The van der Waals surface area contributed by atoms with Crippen LogP contribution in [0.25, 0.3) is 0 Å². The summed E-state index contributed by atoms with van der Waals surface area (Å²) < 4.78 is 5.75. The fraction of sp³-hybridized carbons (Fsp3) is 0.120. The number of nitrogens with one attached hydrogen (secondary N) is 1. The quantitative estimate of drug-likeness (QED) is 0.440. The summed E-state index contributed by atoms with van der Waals surface area (Å²) in [6, 6.07) is 18.4. The second kappa shape index (κ2) is 10.2. The third-order valence-electron chi connectivity index (χ3n) is 4.72. The van der Waals surface area contributed by atoms with Gasteiger partial charge in [0.25, 0.3) is 0 Å². The lowest BCUT2D eigenvalue weighted by atomic mass is 10.2. The Bertz CT molecular complexity index is 1090. The zero-order chi connectivity index (χ0) is 22.2. The van der Waals surface area contributed by atoms with Gasteiger partial charge in [-0.25, -0.2) is 9.78 Å². The minimum absolute atomic E-state index is 0.209. The predicted molar refractivity (Wildman–Crippen MR) is 122 cm³/mol. The molecular formula is C25H23N5O2. The first-order chi connectivity index (χ1) is 15.7. The predicted octanol–water partition coefficient (Wildman–Crippen LogP) is 5.21. The molecule has 4 rings (SSSR count). The highest BCUT2D eigenvalue weighted by Gasteiger charge is 2.15. The Morgan fingerprint density at radius 1 is 0.875 bits per heavy atom. The lowest BCUT2D eigenvalue weighted by Gasteiger charge is -2.23. The molecule has 7 nitrogen and oxygen atoms in total. The number of amides is 2. The Hall–Kier alpha value is -4.26. The van der Waals surface area contributed by atoms with Gasteiger partial charge in [0.2, 0.25) is 5.88 Å². The van der Waals surface area contributed by atoms with Crippen LogP contribution in [0.4, 0.5) is 10.5 Å². The molecule has 160 valence electrons. The number of ether oxygens (including phenoxy) is 1. The number of nitrogens with zero attached hydrogens (tertiary/aromatic N) is 4. The standard InChI is InChI=1S/C25H23N5O2/c1-19-4-9-24(28-15-19)32-23-7-5-22(6-8-23)29-25(31)30(17-20-10-13-26-14-11-20)18-21-3-2-12-27-16-21/h2-16H,17-18H2,1H3,(H,29,31). The zero-order valence-electron chi connectivity index (χ0n) is 17.7. The Kier molecular flexibility index (Phi) is 6.67. The van der Waals surface area contributed by atoms with Gasteiger partial charge in [0, 0.05) is 55.8 Å². The molecule has 3 heterocycles. The van der Waals surface area contributed by atoms with Gasteiger partial charge >= 0.3 is 6.03 Å². The number of urea groups is 1. The Morgan fingerprint density at radius 2 is 1.66 bits per heavy atom. The summed E-state index contributed by atoms with van der Waals surface area (Å²) in [5.74, 6) is 1.16. The van der Waals surface area contributed by atoms with E-state index in [1.807, 2.05) is 43.3 Å². The van der Waals surface area contributed by atoms with Crippen molar-refractivity contribution in [2.75, 3.05) is 5.32 Å². The molecule has 0 fully saturated rings. The van der Waals surface area contributed by atoms with Gasteiger partial charge in [-0.2, -0.15) is 0 Å². The summed E-state index contributed by atoms with van der Waals surface area (Å²) in [7, 11) is 0. The largest absolute Gasteiger partial charge is 0.439 e. The maximum atomic E-state index is 13.1. The van der Waals surface area contributed by atoms with Crippen molar-refractivity contribution in [1.82, 2.24) is 19.9 Å². The number of aromatic nitrogens is 3. The maximum Gasteiger partial charge on any atom is 0.322 e. The molecule has 0 aliphatic heterocycles. The second-order valence-corrected chi connectivity index (χ2v) is 7.30. The number of hydrogen-bond donors (Lipinski definition) is 1. The van der Waals surface area contributed by atoms with Crippen LogP contribution < -0.4 is 10.1 Å². The van der Waals surface area contributed by atoms with Crippen LogP contribution in [0.3, 0.4) is 0 Å². The minimum Gasteiger partial charge on any atom is -0.439 e. The monoisotopic (exact) mass is 425 g/mol. The van der Waals surface area contributed by atoms with E-state index in [0.29, 0.717) is 30.4 Å². The van der Waals surface area contributed by atoms with Crippen molar-refractivity contribution in [2.45, 2.75) is 20.0 Å². The average molecular weight is 425 g/mol. The molecule has 1 aromatic carbocycles. The van der Waals surface area contributed by atoms with Crippen LogP contribution in [-0.4, -0.2) is 25.9 Å². The first-order valence-corrected chi connectivity index (χ1v) is 10.2. The van der Waals surface area contributed by atoms with Crippen molar-refractivity contribution >= 4 is 11.7 Å². The van der Waals surface area contributed by atoms with Gasteiger partial charge in [-0.15, -0.1) is 0 Å². The van der Waals surface area contributed by atoms with Crippen LogP contribution in [-0.2, 0) is 13.1 Å². The smallest absolute Gasteiger partial charge is 0.322 e. The number of aryl methyl sites for hydroxylation is 1. The molecule has 1 N–H and O–H groups in total. The molecule has 0 atom stereocenters. The number of anilines is 1.